The molecule has 2 fully saturated rings. The van der Waals surface area contributed by atoms with Crippen molar-refractivity contribution < 1.29 is 18.6 Å². The number of halogens is 1. The average Bonchev–Trinajstić information content (AvgIpc) is 3.51. The van der Waals surface area contributed by atoms with Crippen molar-refractivity contribution in [1.29, 1.82) is 0 Å². The van der Waals surface area contributed by atoms with Crippen molar-refractivity contribution in [1.82, 2.24) is 24.8 Å². The molecule has 2 saturated heterocycles. The molecule has 1 N–H and O–H groups in total. The van der Waals surface area contributed by atoms with Gasteiger partial charge in [-0.2, -0.15) is 0 Å². The number of piperidine rings is 1. The molecule has 226 valence electrons. The highest BCUT2D eigenvalue weighted by Gasteiger charge is 2.25. The third-order valence-corrected chi connectivity index (χ3v) is 8.24. The van der Waals surface area contributed by atoms with Crippen LogP contribution in [-0.4, -0.2) is 91.3 Å². The topological polar surface area (TPSA) is 88.1 Å². The first-order valence-corrected chi connectivity index (χ1v) is 14.7. The highest BCUT2D eigenvalue weighted by molar-refractivity contribution is 5.93. The molecule has 11 heteroatoms. The van der Waals surface area contributed by atoms with Gasteiger partial charge in [0.2, 0.25) is 0 Å². The minimum atomic E-state index is -0.469. The van der Waals surface area contributed by atoms with E-state index in [1.165, 1.54) is 12.4 Å². The summed E-state index contributed by atoms with van der Waals surface area (Å²) in [5.74, 6) is 3.06. The van der Waals surface area contributed by atoms with Gasteiger partial charge in [0.05, 0.1) is 18.3 Å². The lowest BCUT2D eigenvalue weighted by molar-refractivity contribution is 0.111. The molecule has 10 nitrogen and oxygen atoms in total. The van der Waals surface area contributed by atoms with E-state index in [4.69, 9.17) is 14.2 Å². The summed E-state index contributed by atoms with van der Waals surface area (Å²) in [6.45, 7) is 3.81. The molecule has 1 unspecified atom stereocenters. The summed E-state index contributed by atoms with van der Waals surface area (Å²) in [5.41, 5.74) is 0.928. The zero-order valence-corrected chi connectivity index (χ0v) is 25.1. The molecule has 6 rings (SSSR count). The Morgan fingerprint density at radius 2 is 1.74 bits per heavy atom. The van der Waals surface area contributed by atoms with E-state index in [9.17, 15) is 0 Å². The Balaban J connectivity index is 1.18. The van der Waals surface area contributed by atoms with Crippen molar-refractivity contribution in [3.05, 3.63) is 60.8 Å². The fourth-order valence-corrected chi connectivity index (χ4v) is 5.63. The van der Waals surface area contributed by atoms with Gasteiger partial charge in [-0.3, -0.25) is 0 Å². The number of hydrogen-bond donors (Lipinski definition) is 1. The van der Waals surface area contributed by atoms with Crippen LogP contribution in [-0.2, 0) is 0 Å². The number of rotatable bonds is 9. The standard InChI is InChI=1S/C32H38FN7O3/c1-38(2)21-8-14-40(19-21)31-16-24(7-11-34-31)42-23-5-6-27(26(33)15-23)37-32-25-17-30(43-22-9-12-39(3)13-10-22)29(41-4)18-28(25)35-20-36-32/h5-7,11,15-18,20-22H,8-10,12-14,19H2,1-4H3,(H,35,36,37). The number of nitrogens with zero attached hydrogens (tertiary/aromatic N) is 6. The largest absolute Gasteiger partial charge is 0.493 e. The minimum absolute atomic E-state index is 0.0929. The number of likely N-dealkylation sites (tertiary alicyclic amines) is 1. The molecule has 0 bridgehead atoms. The molecular weight excluding hydrogens is 549 g/mol. The molecule has 2 aliphatic rings. The van der Waals surface area contributed by atoms with Crippen molar-refractivity contribution in [3.8, 4) is 23.0 Å². The average molecular weight is 588 g/mol. The number of likely N-dealkylation sites (N-methyl/N-ethyl adjacent to an activating group) is 1. The fraction of sp³-hybridized carbons (Fsp3) is 0.406. The number of hydrogen-bond acceptors (Lipinski definition) is 10. The van der Waals surface area contributed by atoms with Crippen molar-refractivity contribution in [2.75, 3.05) is 64.6 Å². The van der Waals surface area contributed by atoms with Gasteiger partial charge in [0.25, 0.3) is 0 Å². The van der Waals surface area contributed by atoms with Crippen LogP contribution < -0.4 is 24.4 Å². The van der Waals surface area contributed by atoms with Crippen LogP contribution in [0, 0.1) is 5.82 Å². The Kier molecular flexibility index (Phi) is 8.44. The first kappa shape index (κ1) is 28.9. The SMILES string of the molecule is COc1cc2ncnc(Nc3ccc(Oc4ccnc(N5CCC(N(C)C)C5)c4)cc3F)c2cc1OC1CCN(C)CC1. The summed E-state index contributed by atoms with van der Waals surface area (Å²) < 4.78 is 33.3. The number of fused-ring (bicyclic) bond motifs is 1. The summed E-state index contributed by atoms with van der Waals surface area (Å²) in [4.78, 5) is 20.1. The molecule has 2 aliphatic heterocycles. The molecule has 0 spiro atoms. The predicted octanol–water partition coefficient (Wildman–Crippen LogP) is 5.32. The second-order valence-corrected chi connectivity index (χ2v) is 11.4. The quantitative estimate of drug-likeness (QED) is 0.278. The first-order valence-electron chi connectivity index (χ1n) is 14.7. The zero-order valence-electron chi connectivity index (χ0n) is 25.1. The van der Waals surface area contributed by atoms with Gasteiger partial charge in [-0.25, -0.2) is 19.3 Å². The Morgan fingerprint density at radius 1 is 0.930 bits per heavy atom. The monoisotopic (exact) mass is 587 g/mol. The van der Waals surface area contributed by atoms with Gasteiger partial charge in [0.15, 0.2) is 11.5 Å². The molecule has 4 heterocycles. The van der Waals surface area contributed by atoms with Crippen LogP contribution in [0.5, 0.6) is 23.0 Å². The van der Waals surface area contributed by atoms with Crippen LogP contribution in [0.2, 0.25) is 0 Å². The molecule has 2 aromatic carbocycles. The smallest absolute Gasteiger partial charge is 0.162 e. The molecule has 0 aliphatic carbocycles. The highest BCUT2D eigenvalue weighted by Crippen LogP contribution is 2.37. The van der Waals surface area contributed by atoms with E-state index in [0.29, 0.717) is 45.8 Å². The third-order valence-electron chi connectivity index (χ3n) is 8.24. The second-order valence-electron chi connectivity index (χ2n) is 11.4. The van der Waals surface area contributed by atoms with Crippen molar-refractivity contribution >= 4 is 28.2 Å². The molecule has 1 atom stereocenters. The van der Waals surface area contributed by atoms with Crippen molar-refractivity contribution in [2.45, 2.75) is 31.4 Å². The van der Waals surface area contributed by atoms with Gasteiger partial charge in [-0.05, 0) is 64.7 Å². The summed E-state index contributed by atoms with van der Waals surface area (Å²) >= 11 is 0. The second kappa shape index (κ2) is 12.6. The van der Waals surface area contributed by atoms with E-state index < -0.39 is 5.82 Å². The predicted molar refractivity (Wildman–Crippen MR) is 166 cm³/mol. The van der Waals surface area contributed by atoms with Crippen LogP contribution in [0.15, 0.2) is 55.0 Å². The number of anilines is 3. The fourth-order valence-electron chi connectivity index (χ4n) is 5.63. The van der Waals surface area contributed by atoms with E-state index in [1.807, 2.05) is 18.2 Å². The summed E-state index contributed by atoms with van der Waals surface area (Å²) in [6.07, 6.45) is 6.21. The van der Waals surface area contributed by atoms with Gasteiger partial charge >= 0.3 is 0 Å². The highest BCUT2D eigenvalue weighted by atomic mass is 19.1. The number of ether oxygens (including phenoxy) is 3. The minimum Gasteiger partial charge on any atom is -0.493 e. The lowest BCUT2D eigenvalue weighted by Gasteiger charge is -2.29. The normalized spacial score (nSPS) is 17.9. The summed E-state index contributed by atoms with van der Waals surface area (Å²) in [7, 11) is 7.93. The van der Waals surface area contributed by atoms with Crippen molar-refractivity contribution in [3.63, 3.8) is 0 Å². The van der Waals surface area contributed by atoms with Crippen LogP contribution >= 0.6 is 0 Å². The molecular formula is C32H38FN7O3. The number of methoxy groups -OCH3 is 1. The van der Waals surface area contributed by atoms with Crippen molar-refractivity contribution in [2.24, 2.45) is 0 Å². The molecule has 0 saturated carbocycles. The molecule has 4 aromatic rings. The van der Waals surface area contributed by atoms with Gasteiger partial charge in [-0.15, -0.1) is 0 Å². The first-order chi connectivity index (χ1) is 20.9. The molecule has 0 radical (unpaired) electrons. The number of pyridine rings is 1. The Labute approximate surface area is 251 Å². The van der Waals surface area contributed by atoms with E-state index in [2.05, 4.69) is 56.1 Å². The molecule has 43 heavy (non-hydrogen) atoms. The lowest BCUT2D eigenvalue weighted by atomic mass is 10.1. The molecule has 0 amide bonds. The number of benzene rings is 2. The van der Waals surface area contributed by atoms with Crippen LogP contribution in [0.1, 0.15) is 19.3 Å². The van der Waals surface area contributed by atoms with E-state index >= 15 is 4.39 Å². The Hall–Kier alpha value is -4.22. The van der Waals surface area contributed by atoms with Gasteiger partial charge in [0, 0.05) is 62.0 Å². The van der Waals surface area contributed by atoms with Gasteiger partial charge in [-0.1, -0.05) is 0 Å². The van der Waals surface area contributed by atoms with E-state index in [1.54, 1.807) is 31.5 Å². The zero-order chi connectivity index (χ0) is 29.9. The van der Waals surface area contributed by atoms with E-state index in [0.717, 1.165) is 51.3 Å². The number of aromatic nitrogens is 3. The Bertz CT molecular complexity index is 1580. The lowest BCUT2D eigenvalue weighted by Crippen LogP contribution is -2.35. The maximum atomic E-state index is 15.4. The summed E-state index contributed by atoms with van der Waals surface area (Å²) in [5, 5.41) is 3.84. The summed E-state index contributed by atoms with van der Waals surface area (Å²) in [6, 6.07) is 12.6. The van der Waals surface area contributed by atoms with Gasteiger partial charge in [0.1, 0.15) is 41.4 Å². The van der Waals surface area contributed by atoms with Crippen LogP contribution in [0.4, 0.5) is 21.7 Å². The van der Waals surface area contributed by atoms with Crippen LogP contribution in [0.3, 0.4) is 0 Å². The van der Waals surface area contributed by atoms with Gasteiger partial charge < -0.3 is 34.2 Å². The maximum Gasteiger partial charge on any atom is 0.162 e. The maximum absolute atomic E-state index is 15.4. The molecule has 2 aromatic heterocycles. The third kappa shape index (κ3) is 6.57. The van der Waals surface area contributed by atoms with E-state index in [-0.39, 0.29) is 11.8 Å². The van der Waals surface area contributed by atoms with Crippen LogP contribution in [0.25, 0.3) is 10.9 Å². The Morgan fingerprint density at radius 3 is 2.49 bits per heavy atom. The number of nitrogens with one attached hydrogen (secondary N) is 1.